The van der Waals surface area contributed by atoms with Crippen LogP contribution in [-0.2, 0) is 90.8 Å². The molecule has 11 N–H and O–H groups in total. The van der Waals surface area contributed by atoms with Gasteiger partial charge in [0.1, 0.15) is 27.2 Å². The number of sulfone groups is 1. The van der Waals surface area contributed by atoms with Gasteiger partial charge in [0.05, 0.1) is 70.3 Å². The van der Waals surface area contributed by atoms with Crippen LogP contribution >= 0.6 is 34.8 Å². The zero-order valence-corrected chi connectivity index (χ0v) is 94.1. The van der Waals surface area contributed by atoms with Crippen LogP contribution in [0.5, 0.6) is 23.0 Å². The van der Waals surface area contributed by atoms with Crippen LogP contribution in [0.2, 0.25) is 15.1 Å². The molecule has 0 aromatic heterocycles. The lowest BCUT2D eigenvalue weighted by atomic mass is 10.0. The molecule has 39 nitrogen and oxygen atoms in total. The van der Waals surface area contributed by atoms with Crippen molar-refractivity contribution >= 4 is 185 Å². The van der Waals surface area contributed by atoms with Gasteiger partial charge in [-0.1, -0.05) is 189 Å². The highest BCUT2D eigenvalue weighted by atomic mass is 35.5. The number of allylic oxidation sites excluding steroid dienone is 1. The second-order valence-corrected chi connectivity index (χ2v) is 48.0. The summed E-state index contributed by atoms with van der Waals surface area (Å²) in [5.41, 5.74) is 10.3. The van der Waals surface area contributed by atoms with E-state index in [4.69, 9.17) is 76.0 Å². The number of hydrogen-bond acceptors (Lipinski definition) is 31. The highest BCUT2D eigenvalue weighted by molar-refractivity contribution is 7.90. The topological polar surface area (TPSA) is 650 Å². The number of nitrogens with zero attached hydrogens (tertiary/aromatic N) is 9. The molecular formula is C98H135Cl3FN9O30S9. The van der Waals surface area contributed by atoms with Crippen LogP contribution in [0.25, 0.3) is 6.08 Å². The van der Waals surface area contributed by atoms with E-state index in [1.54, 1.807) is 97.4 Å². The van der Waals surface area contributed by atoms with Crippen molar-refractivity contribution < 1.29 is 137 Å². The molecule has 0 unspecified atom stereocenters. The van der Waals surface area contributed by atoms with Crippen molar-refractivity contribution in [2.24, 2.45) is 44.9 Å². The minimum absolute atomic E-state index is 0.0428. The number of phenols is 3. The number of halogens is 4. The van der Waals surface area contributed by atoms with E-state index in [1.807, 2.05) is 146 Å². The van der Waals surface area contributed by atoms with E-state index in [-0.39, 0.29) is 101 Å². The maximum atomic E-state index is 13.5. The second kappa shape index (κ2) is 75.5. The van der Waals surface area contributed by atoms with Gasteiger partial charge >= 0.3 is 0 Å². The molecule has 0 aliphatic heterocycles. The normalized spacial score (nSPS) is 12.2. The summed E-state index contributed by atoms with van der Waals surface area (Å²) in [6.45, 7) is 16.7. The Kier molecular flexibility index (Phi) is 70.3. The van der Waals surface area contributed by atoms with Gasteiger partial charge in [-0.2, -0.15) is 67.3 Å². The van der Waals surface area contributed by atoms with E-state index in [0.717, 1.165) is 76.5 Å². The van der Waals surface area contributed by atoms with Crippen molar-refractivity contribution in [3.63, 3.8) is 0 Å². The molecule has 0 aliphatic carbocycles. The molecule has 0 spiro atoms. The average Bonchev–Trinajstić information content (AvgIpc) is 0.823. The van der Waals surface area contributed by atoms with E-state index >= 15 is 0 Å². The molecule has 8 rings (SSSR count). The van der Waals surface area contributed by atoms with Crippen molar-refractivity contribution in [3.8, 4) is 23.0 Å². The number of phenolic OH excluding ortho intramolecular Hbond substituents is 3. The summed E-state index contributed by atoms with van der Waals surface area (Å²) in [6.07, 6.45) is 15.2. The molecule has 0 bridgehead atoms. The Morgan fingerprint density at radius 2 is 0.700 bits per heavy atom. The molecule has 0 saturated carbocycles. The summed E-state index contributed by atoms with van der Waals surface area (Å²) in [7, 11) is -32.5. The number of methoxy groups -OCH3 is 1. The molecule has 0 aliphatic rings. The Morgan fingerprint density at radius 1 is 0.347 bits per heavy atom. The third kappa shape index (κ3) is 80.6. The van der Waals surface area contributed by atoms with Crippen molar-refractivity contribution in [1.82, 2.24) is 0 Å². The molecule has 0 saturated heterocycles. The lowest BCUT2D eigenvalue weighted by Gasteiger charge is -2.10. The number of aliphatic imine (C=N–C) groups is 9. The Balaban J connectivity index is 0.00000168. The zero-order valence-electron chi connectivity index (χ0n) is 84.5. The summed E-state index contributed by atoms with van der Waals surface area (Å²) >= 11 is 17.6. The van der Waals surface area contributed by atoms with Gasteiger partial charge < -0.3 is 20.1 Å². The van der Waals surface area contributed by atoms with Crippen molar-refractivity contribution in [2.75, 3.05) is 124 Å². The molecule has 0 radical (unpaired) electrons. The number of benzene rings is 8. The van der Waals surface area contributed by atoms with Gasteiger partial charge in [-0.05, 0) is 188 Å². The lowest BCUT2D eigenvalue weighted by Crippen LogP contribution is -2.08. The minimum atomic E-state index is -4.07. The summed E-state index contributed by atoms with van der Waals surface area (Å²) in [6, 6.07) is 55.8. The lowest BCUT2D eigenvalue weighted by molar-refractivity contribution is 0.373. The quantitative estimate of drug-likeness (QED) is 0.00958. The van der Waals surface area contributed by atoms with Crippen LogP contribution in [0.4, 0.5) is 4.39 Å². The predicted molar refractivity (Wildman–Crippen MR) is 601 cm³/mol. The van der Waals surface area contributed by atoms with Gasteiger partial charge in [-0.25, -0.2) is 12.8 Å². The standard InChI is InChI=1S/C16H15ClFNO4S.C16H16ClNO4S.C12H16ClNO4S.C12H15NO3S.C11H15NO3S.C10H13NO3S.C8H17NO3S.C7H15NO3S.C6H13NO3S/c17-12-4-2-11(3-5-12)16(19-8-1-9-24(21,22)23)14-10-13(18)6-7-15(14)20;17-13-8-6-12(7-9-13)16(14-4-1-2-5-15(14)19)18-10-3-11-23(20,21)22;1-18-11-7-10(13)6-9(12(11)15)8-14-4-3-5-19(2,16)17;14-17(15,16)11-5-10-13-9-4-8-12-6-2-1-3-7-12;1-10(11-6-3-2-4-7-11)12-8-5-9-16(13,14)15;12-15(13,14)8-4-7-11-9-10-5-2-1-3-6-10;1-3-8(4-2)9-6-5-7-13(10,11)12;1-3-7(2)8-5-4-6-12(9,10)11;1-6(2)7-4-3-5-11(8,9)10/h2-7,10,20H,1,8-9H2,(H,21,22,23);1-2,4-9,19H,3,10-11H2,(H,20,21,22);6-8,15H,3-5H2,1-2H3;1-4,6-9H,5,10-11H2,(H,14,15,16);2-4,6-7H,5,8-9H2,1H3,(H,13,14,15);1-3,5-6,9H,4,7-8H2,(H,12,13,14);3-7H2,1-2H3,(H,10,11,12);3-6H2,1-2H3,(H,9,10,11);3-5H2,1-2H3,(H,8,9,10)/b;;;8-4+,13-9?;;;;;. The number of hydrogen-bond donors (Lipinski definition) is 11. The van der Waals surface area contributed by atoms with Crippen molar-refractivity contribution in [2.45, 2.75) is 126 Å². The molecule has 0 fully saturated rings. The first-order valence-corrected chi connectivity index (χ1v) is 62.1. The highest BCUT2D eigenvalue weighted by Crippen LogP contribution is 2.33. The Morgan fingerprint density at radius 3 is 1.10 bits per heavy atom. The van der Waals surface area contributed by atoms with Gasteiger partial charge in [0, 0.05) is 156 Å². The fraction of sp³-hybridized carbons (Fsp3) is 0.398. The van der Waals surface area contributed by atoms with E-state index in [2.05, 4.69) is 44.9 Å². The Bertz CT molecular complexity index is 6800. The largest absolute Gasteiger partial charge is 0.507 e. The van der Waals surface area contributed by atoms with Gasteiger partial charge in [0.2, 0.25) is 0 Å². The average molecular weight is 2330 g/mol. The molecular weight excluding hydrogens is 2200 g/mol. The van der Waals surface area contributed by atoms with E-state index in [0.29, 0.717) is 134 Å². The van der Waals surface area contributed by atoms with Crippen molar-refractivity contribution in [1.29, 1.82) is 0 Å². The molecule has 150 heavy (non-hydrogen) atoms. The van der Waals surface area contributed by atoms with Crippen LogP contribution in [0.15, 0.2) is 245 Å². The first-order valence-electron chi connectivity index (χ1n) is 46.0. The Hall–Kier alpha value is -10.2. The first kappa shape index (κ1) is 140. The first-order chi connectivity index (χ1) is 70.0. The fourth-order valence-electron chi connectivity index (χ4n) is 11.2. The maximum Gasteiger partial charge on any atom is 0.264 e. The molecule has 0 heterocycles. The Labute approximate surface area is 897 Å². The summed E-state index contributed by atoms with van der Waals surface area (Å²) in [5, 5.41) is 31.4. The number of para-hydroxylation sites is 1. The van der Waals surface area contributed by atoms with Gasteiger partial charge in [0.15, 0.2) is 11.5 Å². The number of ether oxygens (including phenoxy) is 1. The van der Waals surface area contributed by atoms with Crippen LogP contribution in [0.3, 0.4) is 0 Å². The minimum Gasteiger partial charge on any atom is -0.507 e. The molecule has 0 amide bonds. The summed E-state index contributed by atoms with van der Waals surface area (Å²) in [4.78, 5) is 37.3. The second-order valence-electron chi connectivity index (χ2n) is 31.9. The SMILES string of the molecule is CC(=NCCCS(=O)(=O)O)c1ccccc1.CC(C)=NCCCS(=O)(=O)O.CCC(C)=NCCCS(=O)(=O)O.CCC(CC)=NCCCS(=O)(=O)O.COc1cc(Cl)cc(C=NCCCS(C)(=O)=O)c1O.O=S(=O)(O)CCCN=C(c1ccc(Cl)cc1)c1cc(F)ccc1O.O=S(=O)(O)CCCN=C(c1ccc(Cl)cc1)c1ccccc1O.O=S(=O)(O)CCCN=C/C=C/c1ccccc1.O=S(=O)(O)CCCN=Cc1ccccc1. The molecule has 8 aromatic rings. The maximum absolute atomic E-state index is 13.5. The van der Waals surface area contributed by atoms with Gasteiger partial charge in [-0.15, -0.1) is 0 Å². The van der Waals surface area contributed by atoms with Crippen molar-refractivity contribution in [3.05, 3.63) is 266 Å². The summed E-state index contributed by atoms with van der Waals surface area (Å²) < 4.78 is 275. The highest BCUT2D eigenvalue weighted by Gasteiger charge is 2.18. The van der Waals surface area contributed by atoms with Crippen LogP contribution in [0.1, 0.15) is 170 Å². The molecule has 0 atom stereocenters. The number of aromatic hydroxyl groups is 3. The van der Waals surface area contributed by atoms with Crippen LogP contribution in [0, 0.1) is 5.82 Å². The smallest absolute Gasteiger partial charge is 0.264 e. The molecule has 52 heteroatoms. The predicted octanol–water partition coefficient (Wildman–Crippen LogP) is 17.0. The molecule has 8 aromatic carbocycles. The van der Waals surface area contributed by atoms with Crippen LogP contribution < -0.4 is 4.74 Å². The zero-order chi connectivity index (χ0) is 114. The van der Waals surface area contributed by atoms with E-state index in [1.165, 1.54) is 31.7 Å². The monoisotopic (exact) mass is 2330 g/mol. The molecule has 834 valence electrons. The van der Waals surface area contributed by atoms with Gasteiger partial charge in [0.25, 0.3) is 80.9 Å². The third-order valence-electron chi connectivity index (χ3n) is 18.5. The van der Waals surface area contributed by atoms with Gasteiger partial charge in [-0.3, -0.25) is 81.4 Å². The summed E-state index contributed by atoms with van der Waals surface area (Å²) in [5.74, 6) is -2.40. The number of rotatable bonds is 49. The fourth-order valence-corrected chi connectivity index (χ4v) is 16.3. The third-order valence-corrected chi connectivity index (χ3v) is 26.7. The van der Waals surface area contributed by atoms with E-state index < -0.39 is 102 Å². The van der Waals surface area contributed by atoms with Crippen LogP contribution in [-0.4, -0.2) is 304 Å². The van der Waals surface area contributed by atoms with E-state index in [9.17, 15) is 95.5 Å².